The zero-order chi connectivity index (χ0) is 28.1. The van der Waals surface area contributed by atoms with Gasteiger partial charge in [-0.3, -0.25) is 14.3 Å². The van der Waals surface area contributed by atoms with E-state index < -0.39 is 11.9 Å². The Balaban J connectivity index is 1.32. The maximum Gasteiger partial charge on any atom is 0.409 e. The van der Waals surface area contributed by atoms with Crippen LogP contribution in [0.2, 0.25) is 0 Å². The van der Waals surface area contributed by atoms with E-state index in [9.17, 15) is 14.4 Å². The molecule has 0 bridgehead atoms. The molecule has 208 valence electrons. The Labute approximate surface area is 227 Å². The number of nitrogens with one attached hydrogen (secondary N) is 1. The van der Waals surface area contributed by atoms with E-state index in [0.29, 0.717) is 44.2 Å². The number of hydrogen-bond donors (Lipinski definition) is 1. The summed E-state index contributed by atoms with van der Waals surface area (Å²) in [5.74, 6) is 0.236. The van der Waals surface area contributed by atoms with E-state index in [1.54, 1.807) is 58.4 Å². The van der Waals surface area contributed by atoms with E-state index in [2.05, 4.69) is 21.6 Å². The van der Waals surface area contributed by atoms with Gasteiger partial charge in [0.1, 0.15) is 11.8 Å². The Morgan fingerprint density at radius 2 is 1.67 bits per heavy atom. The van der Waals surface area contributed by atoms with Crippen molar-refractivity contribution in [1.29, 1.82) is 0 Å². The molecule has 1 saturated heterocycles. The maximum atomic E-state index is 13.1. The van der Waals surface area contributed by atoms with Crippen molar-refractivity contribution in [1.82, 2.24) is 29.4 Å². The number of hydrogen-bond acceptors (Lipinski definition) is 7. The predicted octanol–water partition coefficient (Wildman–Crippen LogP) is 3.16. The summed E-state index contributed by atoms with van der Waals surface area (Å²) >= 11 is 0. The van der Waals surface area contributed by atoms with Crippen molar-refractivity contribution in [3.63, 3.8) is 0 Å². The van der Waals surface area contributed by atoms with Crippen molar-refractivity contribution in [3.05, 3.63) is 59.2 Å². The van der Waals surface area contributed by atoms with Crippen molar-refractivity contribution in [2.24, 2.45) is 0 Å². The molecule has 0 radical (unpaired) electrons. The number of benzene rings is 1. The van der Waals surface area contributed by atoms with Gasteiger partial charge in [-0.15, -0.1) is 0 Å². The van der Waals surface area contributed by atoms with Gasteiger partial charge in [0.2, 0.25) is 5.91 Å². The average molecular weight is 538 g/mol. The lowest BCUT2D eigenvalue weighted by Crippen LogP contribution is -2.52. The Bertz CT molecular complexity index is 1320. The van der Waals surface area contributed by atoms with Gasteiger partial charge < -0.3 is 24.6 Å². The summed E-state index contributed by atoms with van der Waals surface area (Å²) in [5, 5.41) is 11.6. The molecule has 12 heteroatoms. The highest BCUT2D eigenvalue weighted by atomic mass is 16.6. The molecular weight excluding hydrogens is 502 g/mol. The topological polar surface area (TPSA) is 124 Å². The second-order valence-electron chi connectivity index (χ2n) is 9.59. The fraction of sp³-hybridized carbons (Fsp3) is 0.444. The third-order valence-corrected chi connectivity index (χ3v) is 6.47. The number of aryl methyl sites for hydroxylation is 3. The molecule has 3 aromatic rings. The van der Waals surface area contributed by atoms with Crippen LogP contribution in [0.1, 0.15) is 47.2 Å². The van der Waals surface area contributed by atoms with Crippen LogP contribution in [0.4, 0.5) is 10.5 Å². The number of carbonyl (C=O) groups is 3. The lowest BCUT2D eigenvalue weighted by atomic mass is 10.1. The second kappa shape index (κ2) is 12.0. The van der Waals surface area contributed by atoms with Gasteiger partial charge in [-0.05, 0) is 63.9 Å². The van der Waals surface area contributed by atoms with Crippen molar-refractivity contribution < 1.29 is 23.9 Å². The van der Waals surface area contributed by atoms with Gasteiger partial charge in [0.15, 0.2) is 12.4 Å². The molecule has 1 aliphatic heterocycles. The van der Waals surface area contributed by atoms with Crippen LogP contribution in [0.3, 0.4) is 0 Å². The van der Waals surface area contributed by atoms with E-state index in [1.807, 2.05) is 26.0 Å². The SMILES string of the molecule is CCOC(=O)N1CCN(C(=O)C(C)n2cc(NC(=O)c3ccn(COc4cc(C)cc(C)c4)n3)c(C)n2)CC1. The van der Waals surface area contributed by atoms with Crippen molar-refractivity contribution in [3.8, 4) is 5.75 Å². The van der Waals surface area contributed by atoms with Gasteiger partial charge in [-0.2, -0.15) is 10.2 Å². The van der Waals surface area contributed by atoms with Crippen LogP contribution in [0, 0.1) is 20.8 Å². The minimum atomic E-state index is -0.579. The van der Waals surface area contributed by atoms with E-state index in [-0.39, 0.29) is 24.4 Å². The maximum absolute atomic E-state index is 13.1. The molecule has 1 aromatic carbocycles. The molecule has 1 unspecified atom stereocenters. The number of nitrogens with zero attached hydrogens (tertiary/aromatic N) is 6. The number of piperazine rings is 1. The van der Waals surface area contributed by atoms with Gasteiger partial charge in [-0.25, -0.2) is 9.48 Å². The first-order valence-electron chi connectivity index (χ1n) is 13.0. The largest absolute Gasteiger partial charge is 0.471 e. The van der Waals surface area contributed by atoms with Gasteiger partial charge >= 0.3 is 6.09 Å². The van der Waals surface area contributed by atoms with E-state index in [1.165, 1.54) is 0 Å². The molecule has 3 amide bonds. The molecule has 1 aliphatic rings. The van der Waals surface area contributed by atoms with Crippen LogP contribution >= 0.6 is 0 Å². The van der Waals surface area contributed by atoms with Crippen molar-refractivity contribution in [2.45, 2.75) is 47.4 Å². The lowest BCUT2D eigenvalue weighted by molar-refractivity contribution is -0.136. The first-order chi connectivity index (χ1) is 18.6. The predicted molar refractivity (Wildman–Crippen MR) is 144 cm³/mol. The van der Waals surface area contributed by atoms with E-state index in [4.69, 9.17) is 9.47 Å². The molecular formula is C27H35N7O5. The van der Waals surface area contributed by atoms with Crippen LogP contribution in [0.15, 0.2) is 36.7 Å². The summed E-state index contributed by atoms with van der Waals surface area (Å²) in [6, 6.07) is 6.99. The highest BCUT2D eigenvalue weighted by molar-refractivity contribution is 6.03. The summed E-state index contributed by atoms with van der Waals surface area (Å²) in [5.41, 5.74) is 3.51. The van der Waals surface area contributed by atoms with Gasteiger partial charge in [0, 0.05) is 38.6 Å². The first kappa shape index (κ1) is 27.7. The first-order valence-corrected chi connectivity index (χ1v) is 13.0. The fourth-order valence-electron chi connectivity index (χ4n) is 4.40. The minimum Gasteiger partial charge on any atom is -0.471 e. The number of anilines is 1. The molecule has 4 rings (SSSR count). The van der Waals surface area contributed by atoms with Crippen LogP contribution in [0.5, 0.6) is 5.75 Å². The molecule has 1 atom stereocenters. The Hall–Kier alpha value is -4.35. The molecule has 12 nitrogen and oxygen atoms in total. The smallest absolute Gasteiger partial charge is 0.409 e. The highest BCUT2D eigenvalue weighted by Gasteiger charge is 2.29. The quantitative estimate of drug-likeness (QED) is 0.468. The number of aromatic nitrogens is 4. The number of rotatable bonds is 8. The highest BCUT2D eigenvalue weighted by Crippen LogP contribution is 2.20. The molecule has 0 aliphatic carbocycles. The van der Waals surface area contributed by atoms with Crippen molar-refractivity contribution >= 4 is 23.6 Å². The molecule has 39 heavy (non-hydrogen) atoms. The van der Waals surface area contributed by atoms with E-state index in [0.717, 1.165) is 16.9 Å². The molecule has 3 heterocycles. The molecule has 0 spiro atoms. The number of carbonyl (C=O) groups excluding carboxylic acids is 3. The number of amides is 3. The third kappa shape index (κ3) is 6.75. The molecule has 1 fully saturated rings. The summed E-state index contributed by atoms with van der Waals surface area (Å²) in [6.07, 6.45) is 2.96. The van der Waals surface area contributed by atoms with Crippen molar-refractivity contribution in [2.75, 3.05) is 38.1 Å². The van der Waals surface area contributed by atoms with Gasteiger partial charge in [0.25, 0.3) is 5.91 Å². The van der Waals surface area contributed by atoms with E-state index >= 15 is 0 Å². The van der Waals surface area contributed by atoms with Crippen LogP contribution in [-0.4, -0.2) is 80.1 Å². The molecule has 1 N–H and O–H groups in total. The average Bonchev–Trinajstić information content (AvgIpc) is 3.53. The lowest BCUT2D eigenvalue weighted by Gasteiger charge is -2.35. The zero-order valence-corrected chi connectivity index (χ0v) is 23.0. The summed E-state index contributed by atoms with van der Waals surface area (Å²) < 4.78 is 13.9. The zero-order valence-electron chi connectivity index (χ0n) is 23.0. The van der Waals surface area contributed by atoms with Crippen LogP contribution in [-0.2, 0) is 16.3 Å². The standard InChI is InChI=1S/C27H35N7O5/c1-6-38-27(37)32-11-9-31(10-12-32)26(36)21(5)34-16-24(20(4)29-34)28-25(35)23-7-8-33(30-23)17-39-22-14-18(2)13-19(3)15-22/h7-8,13-16,21H,6,9-12,17H2,1-5H3,(H,28,35). The Morgan fingerprint density at radius 1 is 1.00 bits per heavy atom. The van der Waals surface area contributed by atoms with Crippen LogP contribution in [0.25, 0.3) is 0 Å². The molecule has 2 aromatic heterocycles. The third-order valence-electron chi connectivity index (χ3n) is 6.47. The normalized spacial score (nSPS) is 14.2. The summed E-state index contributed by atoms with van der Waals surface area (Å²) in [4.78, 5) is 41.2. The Kier molecular flexibility index (Phi) is 8.52. The Morgan fingerprint density at radius 3 is 2.33 bits per heavy atom. The minimum absolute atomic E-state index is 0.110. The second-order valence-corrected chi connectivity index (χ2v) is 9.59. The van der Waals surface area contributed by atoms with Crippen LogP contribution < -0.4 is 10.1 Å². The number of ether oxygens (including phenoxy) is 2. The summed E-state index contributed by atoms with van der Waals surface area (Å²) in [7, 11) is 0. The fourth-order valence-corrected chi connectivity index (χ4v) is 4.40. The van der Waals surface area contributed by atoms with Gasteiger partial charge in [-0.1, -0.05) is 6.07 Å². The van der Waals surface area contributed by atoms with Gasteiger partial charge in [0.05, 0.1) is 18.0 Å². The molecule has 0 saturated carbocycles. The summed E-state index contributed by atoms with van der Waals surface area (Å²) in [6.45, 7) is 11.4. The monoisotopic (exact) mass is 537 g/mol.